The fourth-order valence-corrected chi connectivity index (χ4v) is 2.61. The molecule has 0 saturated heterocycles. The third kappa shape index (κ3) is 5.39. The summed E-state index contributed by atoms with van der Waals surface area (Å²) in [6.07, 6.45) is 5.60. The van der Waals surface area contributed by atoms with Crippen LogP contribution in [0.2, 0.25) is 0 Å². The third-order valence-corrected chi connectivity index (χ3v) is 4.18. The van der Waals surface area contributed by atoms with Crippen molar-refractivity contribution >= 4 is 0 Å². The summed E-state index contributed by atoms with van der Waals surface area (Å²) in [5.74, 6) is 0.947. The zero-order chi connectivity index (χ0) is 13.1. The summed E-state index contributed by atoms with van der Waals surface area (Å²) in [4.78, 5) is 2.59. The van der Waals surface area contributed by atoms with Crippen molar-refractivity contribution in [1.29, 1.82) is 0 Å². The first-order chi connectivity index (χ1) is 7.79. The van der Waals surface area contributed by atoms with E-state index in [0.717, 1.165) is 18.5 Å². The van der Waals surface area contributed by atoms with Crippen molar-refractivity contribution < 1.29 is 0 Å². The molecule has 1 saturated carbocycles. The fraction of sp³-hybridized carbons (Fsp3) is 1.00. The van der Waals surface area contributed by atoms with Gasteiger partial charge in [0.15, 0.2) is 0 Å². The van der Waals surface area contributed by atoms with Gasteiger partial charge in [-0.05, 0) is 66.3 Å². The Labute approximate surface area is 108 Å². The lowest BCUT2D eigenvalue weighted by atomic mass is 9.86. The summed E-state index contributed by atoms with van der Waals surface area (Å²) in [6.45, 7) is 12.5. The lowest BCUT2D eigenvalue weighted by Crippen LogP contribution is -2.48. The van der Waals surface area contributed by atoms with Crippen molar-refractivity contribution in [2.45, 2.75) is 77.9 Å². The van der Waals surface area contributed by atoms with E-state index in [-0.39, 0.29) is 5.54 Å². The minimum absolute atomic E-state index is 0.232. The average Bonchev–Trinajstić information content (AvgIpc) is 2.25. The highest BCUT2D eigenvalue weighted by Gasteiger charge is 2.24. The van der Waals surface area contributed by atoms with E-state index in [0.29, 0.717) is 6.04 Å². The Hall–Kier alpha value is -0.0800. The van der Waals surface area contributed by atoms with Crippen molar-refractivity contribution in [2.75, 3.05) is 13.6 Å². The van der Waals surface area contributed by atoms with Gasteiger partial charge in [0.05, 0.1) is 0 Å². The molecule has 1 fully saturated rings. The first-order valence-corrected chi connectivity index (χ1v) is 7.26. The van der Waals surface area contributed by atoms with Crippen LogP contribution in [0.15, 0.2) is 0 Å². The number of likely N-dealkylation sites (N-methyl/N-ethyl adjacent to an activating group) is 1. The number of rotatable bonds is 4. The van der Waals surface area contributed by atoms with Gasteiger partial charge in [-0.15, -0.1) is 0 Å². The van der Waals surface area contributed by atoms with Crippen LogP contribution in [0.4, 0.5) is 0 Å². The lowest BCUT2D eigenvalue weighted by Gasteiger charge is -2.38. The van der Waals surface area contributed by atoms with Gasteiger partial charge in [0.25, 0.3) is 0 Å². The Balaban J connectivity index is 2.33. The predicted octanol–water partition coefficient (Wildman–Crippen LogP) is 3.27. The summed E-state index contributed by atoms with van der Waals surface area (Å²) < 4.78 is 0. The highest BCUT2D eigenvalue weighted by atomic mass is 15.2. The van der Waals surface area contributed by atoms with Gasteiger partial charge >= 0.3 is 0 Å². The van der Waals surface area contributed by atoms with E-state index in [2.05, 4.69) is 51.9 Å². The van der Waals surface area contributed by atoms with Crippen LogP contribution in [0, 0.1) is 5.92 Å². The Morgan fingerprint density at radius 2 is 1.71 bits per heavy atom. The fourth-order valence-electron chi connectivity index (χ4n) is 2.61. The Bertz CT molecular complexity index is 211. The van der Waals surface area contributed by atoms with Crippen molar-refractivity contribution in [3.63, 3.8) is 0 Å². The molecule has 1 rings (SSSR count). The van der Waals surface area contributed by atoms with Crippen LogP contribution < -0.4 is 5.32 Å². The molecular formula is C15H32N2. The van der Waals surface area contributed by atoms with Crippen molar-refractivity contribution in [1.82, 2.24) is 10.2 Å². The summed E-state index contributed by atoms with van der Waals surface area (Å²) in [6, 6.07) is 1.44. The molecule has 17 heavy (non-hydrogen) atoms. The predicted molar refractivity (Wildman–Crippen MR) is 76.4 cm³/mol. The molecule has 0 aromatic rings. The van der Waals surface area contributed by atoms with E-state index in [9.17, 15) is 0 Å². The van der Waals surface area contributed by atoms with Gasteiger partial charge in [-0.25, -0.2) is 0 Å². The van der Waals surface area contributed by atoms with Crippen LogP contribution in [0.1, 0.15) is 60.3 Å². The number of hydrogen-bond acceptors (Lipinski definition) is 2. The van der Waals surface area contributed by atoms with Gasteiger partial charge in [-0.2, -0.15) is 0 Å². The largest absolute Gasteiger partial charge is 0.311 e. The number of hydrogen-bond donors (Lipinski definition) is 1. The lowest BCUT2D eigenvalue weighted by molar-refractivity contribution is 0.125. The van der Waals surface area contributed by atoms with E-state index in [4.69, 9.17) is 0 Å². The number of nitrogens with zero attached hydrogens (tertiary/aromatic N) is 1. The molecule has 0 amide bonds. The van der Waals surface area contributed by atoms with E-state index < -0.39 is 0 Å². The van der Waals surface area contributed by atoms with E-state index in [1.54, 1.807) is 0 Å². The van der Waals surface area contributed by atoms with Gasteiger partial charge in [0.1, 0.15) is 0 Å². The minimum atomic E-state index is 0.232. The molecule has 0 radical (unpaired) electrons. The topological polar surface area (TPSA) is 15.3 Å². The second kappa shape index (κ2) is 6.19. The SMILES string of the molecule is CC1CCC(N(C)C(C)CNC(C)(C)C)CC1. The molecule has 2 heteroatoms. The monoisotopic (exact) mass is 240 g/mol. The Kier molecular flexibility index (Phi) is 5.46. The average molecular weight is 240 g/mol. The van der Waals surface area contributed by atoms with Gasteiger partial charge in [0, 0.05) is 24.2 Å². The maximum absolute atomic E-state index is 3.61. The van der Waals surface area contributed by atoms with Gasteiger partial charge in [-0.3, -0.25) is 4.90 Å². The first-order valence-electron chi connectivity index (χ1n) is 7.26. The summed E-state index contributed by atoms with van der Waals surface area (Å²) in [5, 5.41) is 3.61. The van der Waals surface area contributed by atoms with Crippen LogP contribution in [-0.4, -0.2) is 36.1 Å². The quantitative estimate of drug-likeness (QED) is 0.811. The van der Waals surface area contributed by atoms with Crippen LogP contribution in [-0.2, 0) is 0 Å². The van der Waals surface area contributed by atoms with Gasteiger partial charge < -0.3 is 5.32 Å². The second-order valence-electron chi connectivity index (χ2n) is 7.06. The minimum Gasteiger partial charge on any atom is -0.311 e. The molecule has 0 aromatic carbocycles. The molecule has 2 nitrogen and oxygen atoms in total. The molecule has 1 unspecified atom stereocenters. The molecule has 0 aliphatic heterocycles. The van der Waals surface area contributed by atoms with E-state index in [1.165, 1.54) is 25.7 Å². The second-order valence-corrected chi connectivity index (χ2v) is 7.06. The molecule has 1 aliphatic carbocycles. The molecule has 1 atom stereocenters. The summed E-state index contributed by atoms with van der Waals surface area (Å²) >= 11 is 0. The molecule has 1 aliphatic rings. The van der Waals surface area contributed by atoms with Gasteiger partial charge in [-0.1, -0.05) is 6.92 Å². The first kappa shape index (κ1) is 15.0. The maximum atomic E-state index is 3.61. The maximum Gasteiger partial charge on any atom is 0.0192 e. The van der Waals surface area contributed by atoms with Crippen LogP contribution in [0.3, 0.4) is 0 Å². The van der Waals surface area contributed by atoms with Gasteiger partial charge in [0.2, 0.25) is 0 Å². The molecule has 0 aromatic heterocycles. The van der Waals surface area contributed by atoms with Crippen molar-refractivity contribution in [3.05, 3.63) is 0 Å². The molecule has 0 bridgehead atoms. The Morgan fingerprint density at radius 3 is 2.18 bits per heavy atom. The highest BCUT2D eigenvalue weighted by molar-refractivity contribution is 4.82. The zero-order valence-corrected chi connectivity index (χ0v) is 12.7. The van der Waals surface area contributed by atoms with E-state index >= 15 is 0 Å². The third-order valence-electron chi connectivity index (χ3n) is 4.18. The molecule has 1 N–H and O–H groups in total. The van der Waals surface area contributed by atoms with Crippen LogP contribution in [0.5, 0.6) is 0 Å². The van der Waals surface area contributed by atoms with Crippen molar-refractivity contribution in [3.8, 4) is 0 Å². The molecular weight excluding hydrogens is 208 g/mol. The standard InChI is InChI=1S/C15H32N2/c1-12-7-9-14(10-8-12)17(6)13(2)11-16-15(3,4)5/h12-14,16H,7-11H2,1-6H3. The van der Waals surface area contributed by atoms with Crippen LogP contribution in [0.25, 0.3) is 0 Å². The normalized spacial score (nSPS) is 28.4. The summed E-state index contributed by atoms with van der Waals surface area (Å²) in [5.41, 5.74) is 0.232. The van der Waals surface area contributed by atoms with E-state index in [1.807, 2.05) is 0 Å². The Morgan fingerprint density at radius 1 is 1.18 bits per heavy atom. The summed E-state index contributed by atoms with van der Waals surface area (Å²) in [7, 11) is 2.30. The molecule has 0 spiro atoms. The molecule has 102 valence electrons. The molecule has 0 heterocycles. The zero-order valence-electron chi connectivity index (χ0n) is 12.7. The van der Waals surface area contributed by atoms with Crippen LogP contribution >= 0.6 is 0 Å². The smallest absolute Gasteiger partial charge is 0.0192 e. The number of nitrogens with one attached hydrogen (secondary N) is 1. The highest BCUT2D eigenvalue weighted by Crippen LogP contribution is 2.27. The van der Waals surface area contributed by atoms with Crippen molar-refractivity contribution in [2.24, 2.45) is 5.92 Å².